The van der Waals surface area contributed by atoms with E-state index >= 15 is 0 Å². The number of amides is 1. The summed E-state index contributed by atoms with van der Waals surface area (Å²) in [5.41, 5.74) is 11.5. The van der Waals surface area contributed by atoms with E-state index in [9.17, 15) is 4.79 Å². The second-order valence-corrected chi connectivity index (χ2v) is 4.66. The molecular formula is C12H21N5O. The smallest absolute Gasteiger partial charge is 0.250 e. The number of nitrogens with zero attached hydrogens (tertiary/aromatic N) is 2. The zero-order chi connectivity index (χ0) is 13.7. The summed E-state index contributed by atoms with van der Waals surface area (Å²) >= 11 is 0. The second kappa shape index (κ2) is 6.20. The van der Waals surface area contributed by atoms with Gasteiger partial charge >= 0.3 is 0 Å². The van der Waals surface area contributed by atoms with Crippen LogP contribution in [-0.2, 0) is 0 Å². The predicted molar refractivity (Wildman–Crippen MR) is 73.4 cm³/mol. The van der Waals surface area contributed by atoms with Gasteiger partial charge in [-0.15, -0.1) is 0 Å². The summed E-state index contributed by atoms with van der Waals surface area (Å²) < 4.78 is 0. The highest BCUT2D eigenvalue weighted by atomic mass is 16.1. The first-order chi connectivity index (χ1) is 8.40. The molecule has 1 rings (SSSR count). The Hall–Kier alpha value is -1.82. The summed E-state index contributed by atoms with van der Waals surface area (Å²) in [6.45, 7) is 3.04. The lowest BCUT2D eigenvalue weighted by Gasteiger charge is -2.17. The van der Waals surface area contributed by atoms with Gasteiger partial charge in [0.25, 0.3) is 5.91 Å². The van der Waals surface area contributed by atoms with Crippen molar-refractivity contribution in [1.29, 1.82) is 0 Å². The molecule has 100 valence electrons. The zero-order valence-electron chi connectivity index (χ0n) is 11.1. The van der Waals surface area contributed by atoms with Gasteiger partial charge in [0.05, 0.1) is 17.4 Å². The highest BCUT2D eigenvalue weighted by molar-refractivity contribution is 5.98. The van der Waals surface area contributed by atoms with E-state index in [0.717, 1.165) is 13.0 Å². The largest absolute Gasteiger partial charge is 0.397 e. The Morgan fingerprint density at radius 1 is 1.56 bits per heavy atom. The third kappa shape index (κ3) is 4.21. The summed E-state index contributed by atoms with van der Waals surface area (Å²) in [6.07, 6.45) is 2.42. The number of nitrogen functional groups attached to an aromatic ring is 1. The van der Waals surface area contributed by atoms with E-state index in [0.29, 0.717) is 17.1 Å². The third-order valence-corrected chi connectivity index (χ3v) is 2.60. The Morgan fingerprint density at radius 2 is 2.22 bits per heavy atom. The van der Waals surface area contributed by atoms with Crippen molar-refractivity contribution in [2.24, 2.45) is 5.73 Å². The predicted octanol–water partition coefficient (Wildman–Crippen LogP) is 0.515. The summed E-state index contributed by atoms with van der Waals surface area (Å²) in [5.74, 6) is 0.0724. The zero-order valence-corrected chi connectivity index (χ0v) is 11.1. The number of carbonyl (C=O) groups excluding carboxylic acids is 1. The molecule has 0 saturated carbocycles. The fourth-order valence-corrected chi connectivity index (χ4v) is 1.53. The fourth-order valence-electron chi connectivity index (χ4n) is 1.53. The molecular weight excluding hydrogens is 230 g/mol. The van der Waals surface area contributed by atoms with E-state index < -0.39 is 5.91 Å². The summed E-state index contributed by atoms with van der Waals surface area (Å²) in [4.78, 5) is 17.4. The van der Waals surface area contributed by atoms with Gasteiger partial charge in [0, 0.05) is 6.04 Å². The van der Waals surface area contributed by atoms with E-state index in [1.165, 1.54) is 6.20 Å². The van der Waals surface area contributed by atoms with Gasteiger partial charge in [0.1, 0.15) is 5.82 Å². The van der Waals surface area contributed by atoms with E-state index in [1.807, 2.05) is 14.1 Å². The quantitative estimate of drug-likeness (QED) is 0.684. The molecule has 18 heavy (non-hydrogen) atoms. The van der Waals surface area contributed by atoms with Crippen LogP contribution in [0.25, 0.3) is 0 Å². The van der Waals surface area contributed by atoms with E-state index in [2.05, 4.69) is 22.1 Å². The Labute approximate surface area is 107 Å². The van der Waals surface area contributed by atoms with Crippen LogP contribution in [0.15, 0.2) is 12.3 Å². The van der Waals surface area contributed by atoms with Crippen LogP contribution < -0.4 is 16.8 Å². The Morgan fingerprint density at radius 3 is 2.78 bits per heavy atom. The van der Waals surface area contributed by atoms with Gasteiger partial charge in [-0.2, -0.15) is 0 Å². The molecule has 1 heterocycles. The molecule has 1 aromatic heterocycles. The van der Waals surface area contributed by atoms with Crippen LogP contribution in [0.1, 0.15) is 23.7 Å². The lowest BCUT2D eigenvalue weighted by molar-refractivity contribution is 0.100. The lowest BCUT2D eigenvalue weighted by Crippen LogP contribution is -2.23. The second-order valence-electron chi connectivity index (χ2n) is 4.66. The lowest BCUT2D eigenvalue weighted by atomic mass is 10.2. The van der Waals surface area contributed by atoms with Crippen molar-refractivity contribution in [3.05, 3.63) is 17.8 Å². The molecule has 0 spiro atoms. The van der Waals surface area contributed by atoms with Crippen LogP contribution in [0.2, 0.25) is 0 Å². The minimum Gasteiger partial charge on any atom is -0.397 e. The average Bonchev–Trinajstić information content (AvgIpc) is 2.28. The molecule has 1 unspecified atom stereocenters. The number of anilines is 2. The molecule has 0 aliphatic rings. The average molecular weight is 251 g/mol. The van der Waals surface area contributed by atoms with E-state index in [1.54, 1.807) is 6.07 Å². The first kappa shape index (κ1) is 14.2. The van der Waals surface area contributed by atoms with Crippen molar-refractivity contribution in [1.82, 2.24) is 9.88 Å². The molecule has 0 fully saturated rings. The maximum absolute atomic E-state index is 11.2. The molecule has 1 aromatic rings. The van der Waals surface area contributed by atoms with Crippen molar-refractivity contribution < 1.29 is 4.79 Å². The fraction of sp³-hybridized carbons (Fsp3) is 0.500. The van der Waals surface area contributed by atoms with Crippen molar-refractivity contribution >= 4 is 17.4 Å². The number of hydrogen-bond donors (Lipinski definition) is 3. The molecule has 6 heteroatoms. The number of hydrogen-bond acceptors (Lipinski definition) is 5. The third-order valence-electron chi connectivity index (χ3n) is 2.60. The van der Waals surface area contributed by atoms with Crippen LogP contribution in [0, 0.1) is 0 Å². The number of aromatic nitrogens is 1. The summed E-state index contributed by atoms with van der Waals surface area (Å²) in [6, 6.07) is 1.84. The number of rotatable bonds is 6. The SMILES string of the molecule is CC(CCN(C)C)Nc1cc(C(N)=O)c(N)cn1. The topological polar surface area (TPSA) is 97.3 Å². The molecule has 0 bridgehead atoms. The molecule has 0 saturated heterocycles. The molecule has 0 aliphatic carbocycles. The molecule has 0 radical (unpaired) electrons. The Bertz CT molecular complexity index is 419. The van der Waals surface area contributed by atoms with Gasteiger partial charge < -0.3 is 21.7 Å². The number of nitrogens with two attached hydrogens (primary N) is 2. The molecule has 6 nitrogen and oxygen atoms in total. The first-order valence-electron chi connectivity index (χ1n) is 5.86. The standard InChI is InChI=1S/C12H21N5O/c1-8(4-5-17(2)3)16-11-6-9(12(14)18)10(13)7-15-11/h6-8H,4-5,13H2,1-3H3,(H2,14,18)(H,15,16). The van der Waals surface area contributed by atoms with Crippen molar-refractivity contribution in [3.63, 3.8) is 0 Å². The molecule has 0 aliphatic heterocycles. The van der Waals surface area contributed by atoms with Crippen molar-refractivity contribution in [2.45, 2.75) is 19.4 Å². The van der Waals surface area contributed by atoms with Crippen LogP contribution in [0.5, 0.6) is 0 Å². The Balaban J connectivity index is 2.67. The Kier molecular flexibility index (Phi) is 4.91. The monoisotopic (exact) mass is 251 g/mol. The van der Waals surface area contributed by atoms with Crippen LogP contribution in [0.4, 0.5) is 11.5 Å². The van der Waals surface area contributed by atoms with Gasteiger partial charge in [-0.25, -0.2) is 4.98 Å². The van der Waals surface area contributed by atoms with Gasteiger partial charge in [-0.3, -0.25) is 4.79 Å². The normalized spacial score (nSPS) is 12.4. The van der Waals surface area contributed by atoms with Crippen LogP contribution >= 0.6 is 0 Å². The summed E-state index contributed by atoms with van der Waals surface area (Å²) in [7, 11) is 4.05. The molecule has 0 aromatic carbocycles. The highest BCUT2D eigenvalue weighted by Gasteiger charge is 2.09. The van der Waals surface area contributed by atoms with Crippen molar-refractivity contribution in [3.8, 4) is 0 Å². The minimum absolute atomic E-state index is 0.254. The van der Waals surface area contributed by atoms with Gasteiger partial charge in [0.15, 0.2) is 0 Å². The molecule has 1 atom stereocenters. The van der Waals surface area contributed by atoms with Crippen LogP contribution in [-0.4, -0.2) is 42.5 Å². The van der Waals surface area contributed by atoms with Gasteiger partial charge in [-0.1, -0.05) is 0 Å². The maximum Gasteiger partial charge on any atom is 0.250 e. The highest BCUT2D eigenvalue weighted by Crippen LogP contribution is 2.15. The number of pyridine rings is 1. The van der Waals surface area contributed by atoms with Crippen molar-refractivity contribution in [2.75, 3.05) is 31.7 Å². The van der Waals surface area contributed by atoms with Crippen LogP contribution in [0.3, 0.4) is 0 Å². The number of nitrogens with one attached hydrogen (secondary N) is 1. The number of primary amides is 1. The van der Waals surface area contributed by atoms with E-state index in [-0.39, 0.29) is 6.04 Å². The van der Waals surface area contributed by atoms with Gasteiger partial charge in [0.2, 0.25) is 0 Å². The van der Waals surface area contributed by atoms with Gasteiger partial charge in [-0.05, 0) is 40.1 Å². The van der Waals surface area contributed by atoms with E-state index in [4.69, 9.17) is 11.5 Å². The molecule has 1 amide bonds. The maximum atomic E-state index is 11.2. The molecule has 5 N–H and O–H groups in total. The number of carbonyl (C=O) groups is 1. The summed E-state index contributed by atoms with van der Waals surface area (Å²) in [5, 5.41) is 3.22. The first-order valence-corrected chi connectivity index (χ1v) is 5.86. The minimum atomic E-state index is -0.543.